The van der Waals surface area contributed by atoms with Crippen molar-refractivity contribution in [2.75, 3.05) is 6.54 Å². The van der Waals surface area contributed by atoms with Gasteiger partial charge in [0.25, 0.3) is 0 Å². The number of carbonyl (C=O) groups excluding carboxylic acids is 1. The molecule has 0 unspecified atom stereocenters. The Balaban J connectivity index is 2.26. The number of nitrogens with two attached hydrogens (primary N) is 1. The third-order valence-corrected chi connectivity index (χ3v) is 3.94. The lowest BCUT2D eigenvalue weighted by Gasteiger charge is -2.04. The SMILES string of the molecule is NCCCCC(=O)NS(=O)(=O)C1CC1. The van der Waals surface area contributed by atoms with Crippen LogP contribution in [-0.2, 0) is 14.8 Å². The van der Waals surface area contributed by atoms with E-state index in [9.17, 15) is 13.2 Å². The Morgan fingerprint density at radius 2 is 2.00 bits per heavy atom. The molecule has 1 saturated carbocycles. The Morgan fingerprint density at radius 3 is 2.50 bits per heavy atom. The molecule has 0 aromatic heterocycles. The van der Waals surface area contributed by atoms with Gasteiger partial charge in [0.15, 0.2) is 0 Å². The van der Waals surface area contributed by atoms with Crippen molar-refractivity contribution in [2.24, 2.45) is 5.73 Å². The largest absolute Gasteiger partial charge is 0.330 e. The van der Waals surface area contributed by atoms with Crippen LogP contribution in [0, 0.1) is 0 Å². The van der Waals surface area contributed by atoms with E-state index in [0.29, 0.717) is 25.8 Å². The van der Waals surface area contributed by atoms with Crippen LogP contribution in [0.4, 0.5) is 0 Å². The number of hydrogen-bond acceptors (Lipinski definition) is 4. The predicted octanol–water partition coefficient (Wildman–Crippen LogP) is -0.276. The highest BCUT2D eigenvalue weighted by Crippen LogP contribution is 2.27. The highest BCUT2D eigenvalue weighted by Gasteiger charge is 2.36. The minimum absolute atomic E-state index is 0.239. The van der Waals surface area contributed by atoms with Crippen LogP contribution in [0.1, 0.15) is 32.1 Å². The number of rotatable bonds is 6. The molecule has 0 saturated heterocycles. The summed E-state index contributed by atoms with van der Waals surface area (Å²) in [5.41, 5.74) is 5.25. The zero-order valence-corrected chi connectivity index (χ0v) is 8.85. The van der Waals surface area contributed by atoms with Crippen LogP contribution in [0.3, 0.4) is 0 Å². The number of unbranched alkanes of at least 4 members (excludes halogenated alkanes) is 1. The van der Waals surface area contributed by atoms with Gasteiger partial charge < -0.3 is 5.73 Å². The third-order valence-electron chi connectivity index (χ3n) is 2.08. The van der Waals surface area contributed by atoms with E-state index in [2.05, 4.69) is 4.72 Å². The molecule has 1 aliphatic carbocycles. The van der Waals surface area contributed by atoms with Crippen molar-refractivity contribution in [2.45, 2.75) is 37.4 Å². The van der Waals surface area contributed by atoms with E-state index in [4.69, 9.17) is 5.73 Å². The van der Waals surface area contributed by atoms with Crippen molar-refractivity contribution in [3.8, 4) is 0 Å². The zero-order valence-electron chi connectivity index (χ0n) is 8.03. The first kappa shape index (κ1) is 11.5. The van der Waals surface area contributed by atoms with Gasteiger partial charge in [-0.1, -0.05) is 0 Å². The Morgan fingerprint density at radius 1 is 1.36 bits per heavy atom. The monoisotopic (exact) mass is 220 g/mol. The van der Waals surface area contributed by atoms with Gasteiger partial charge in [0.2, 0.25) is 15.9 Å². The Kier molecular flexibility index (Phi) is 3.88. The molecule has 0 atom stereocenters. The maximum atomic E-state index is 11.3. The van der Waals surface area contributed by atoms with E-state index in [1.807, 2.05) is 0 Å². The molecular weight excluding hydrogens is 204 g/mol. The highest BCUT2D eigenvalue weighted by molar-refractivity contribution is 7.90. The van der Waals surface area contributed by atoms with Crippen molar-refractivity contribution in [3.05, 3.63) is 0 Å². The molecule has 1 aliphatic rings. The summed E-state index contributed by atoms with van der Waals surface area (Å²) in [7, 11) is -3.35. The summed E-state index contributed by atoms with van der Waals surface area (Å²) in [6, 6.07) is 0. The molecule has 1 amide bonds. The summed E-state index contributed by atoms with van der Waals surface area (Å²) in [6.45, 7) is 0.530. The lowest BCUT2D eigenvalue weighted by molar-refractivity contribution is -0.119. The van der Waals surface area contributed by atoms with Gasteiger partial charge in [-0.2, -0.15) is 0 Å². The van der Waals surface area contributed by atoms with E-state index in [1.54, 1.807) is 0 Å². The van der Waals surface area contributed by atoms with Gasteiger partial charge >= 0.3 is 0 Å². The van der Waals surface area contributed by atoms with Crippen molar-refractivity contribution >= 4 is 15.9 Å². The van der Waals surface area contributed by atoms with Gasteiger partial charge in [0.1, 0.15) is 0 Å². The van der Waals surface area contributed by atoms with E-state index in [1.165, 1.54) is 0 Å². The smallest absolute Gasteiger partial charge is 0.237 e. The normalized spacial score (nSPS) is 16.6. The Hall–Kier alpha value is -0.620. The lowest BCUT2D eigenvalue weighted by Crippen LogP contribution is -2.33. The van der Waals surface area contributed by atoms with Gasteiger partial charge in [-0.25, -0.2) is 8.42 Å². The molecule has 0 radical (unpaired) electrons. The molecule has 82 valence electrons. The van der Waals surface area contributed by atoms with Crippen LogP contribution in [-0.4, -0.2) is 26.1 Å². The summed E-state index contributed by atoms with van der Waals surface area (Å²) in [4.78, 5) is 11.1. The van der Waals surface area contributed by atoms with Gasteiger partial charge in [-0.05, 0) is 32.2 Å². The fourth-order valence-electron chi connectivity index (χ4n) is 1.10. The number of sulfonamides is 1. The molecule has 14 heavy (non-hydrogen) atoms. The minimum Gasteiger partial charge on any atom is -0.330 e. The summed E-state index contributed by atoms with van der Waals surface area (Å²) in [5.74, 6) is -0.412. The van der Waals surface area contributed by atoms with Crippen molar-refractivity contribution < 1.29 is 13.2 Å². The van der Waals surface area contributed by atoms with Crippen LogP contribution in [0.2, 0.25) is 0 Å². The van der Waals surface area contributed by atoms with Crippen molar-refractivity contribution in [3.63, 3.8) is 0 Å². The van der Waals surface area contributed by atoms with Crippen molar-refractivity contribution in [1.82, 2.24) is 4.72 Å². The number of amides is 1. The molecule has 0 spiro atoms. The maximum absolute atomic E-state index is 11.3. The first-order chi connectivity index (χ1) is 6.56. The van der Waals surface area contributed by atoms with Crippen molar-refractivity contribution in [1.29, 1.82) is 0 Å². The Bertz CT molecular complexity index is 296. The molecule has 0 bridgehead atoms. The zero-order chi connectivity index (χ0) is 10.6. The van der Waals surface area contributed by atoms with Gasteiger partial charge in [-0.3, -0.25) is 9.52 Å². The Labute approximate surface area is 84.1 Å². The summed E-state index contributed by atoms with van der Waals surface area (Å²) in [6.07, 6.45) is 2.97. The second-order valence-corrected chi connectivity index (χ2v) is 5.48. The highest BCUT2D eigenvalue weighted by atomic mass is 32.2. The number of nitrogens with one attached hydrogen (secondary N) is 1. The molecule has 0 aliphatic heterocycles. The quantitative estimate of drug-likeness (QED) is 0.603. The third kappa shape index (κ3) is 3.63. The number of carbonyl (C=O) groups is 1. The minimum atomic E-state index is -3.35. The molecular formula is C8H16N2O3S. The summed E-state index contributed by atoms with van der Waals surface area (Å²) >= 11 is 0. The molecule has 6 heteroatoms. The van der Waals surface area contributed by atoms with E-state index < -0.39 is 15.9 Å². The van der Waals surface area contributed by atoms with Gasteiger partial charge in [0.05, 0.1) is 5.25 Å². The first-order valence-electron chi connectivity index (χ1n) is 4.81. The van der Waals surface area contributed by atoms with E-state index >= 15 is 0 Å². The fourth-order valence-corrected chi connectivity index (χ4v) is 2.44. The van der Waals surface area contributed by atoms with Crippen LogP contribution in [0.15, 0.2) is 0 Å². The standard InChI is InChI=1S/C8H16N2O3S/c9-6-2-1-3-8(11)10-14(12,13)7-4-5-7/h7H,1-6,9H2,(H,10,11). The second kappa shape index (κ2) is 4.75. The molecule has 1 fully saturated rings. The maximum Gasteiger partial charge on any atom is 0.237 e. The first-order valence-corrected chi connectivity index (χ1v) is 6.35. The average molecular weight is 220 g/mol. The van der Waals surface area contributed by atoms with E-state index in [-0.39, 0.29) is 11.7 Å². The fraction of sp³-hybridized carbons (Fsp3) is 0.875. The van der Waals surface area contributed by atoms with Crippen LogP contribution >= 0.6 is 0 Å². The van der Waals surface area contributed by atoms with Gasteiger partial charge in [-0.15, -0.1) is 0 Å². The molecule has 0 aromatic rings. The average Bonchev–Trinajstić information content (AvgIpc) is 2.85. The summed E-state index contributed by atoms with van der Waals surface area (Å²) in [5, 5.41) is -0.332. The lowest BCUT2D eigenvalue weighted by atomic mass is 10.2. The van der Waals surface area contributed by atoms with Crippen LogP contribution < -0.4 is 10.5 Å². The molecule has 1 rings (SSSR count). The molecule has 5 nitrogen and oxygen atoms in total. The molecule has 3 N–H and O–H groups in total. The van der Waals surface area contributed by atoms with Gasteiger partial charge in [0, 0.05) is 6.42 Å². The number of hydrogen-bond donors (Lipinski definition) is 2. The van der Waals surface area contributed by atoms with Crippen LogP contribution in [0.5, 0.6) is 0 Å². The second-order valence-electron chi connectivity index (χ2n) is 3.52. The molecule has 0 heterocycles. The predicted molar refractivity (Wildman–Crippen MR) is 53.0 cm³/mol. The topological polar surface area (TPSA) is 89.3 Å². The molecule has 0 aromatic carbocycles. The van der Waals surface area contributed by atoms with Crippen LogP contribution in [0.25, 0.3) is 0 Å². The van der Waals surface area contributed by atoms with E-state index in [0.717, 1.165) is 6.42 Å². The summed E-state index contributed by atoms with van der Waals surface area (Å²) < 4.78 is 24.6.